The molecule has 1 aromatic heterocycles. The van der Waals surface area contributed by atoms with E-state index in [-0.39, 0.29) is 11.6 Å². The van der Waals surface area contributed by atoms with Crippen LogP contribution in [-0.2, 0) is 0 Å². The Bertz CT molecular complexity index is 948. The van der Waals surface area contributed by atoms with Gasteiger partial charge in [-0.1, -0.05) is 17.7 Å². The van der Waals surface area contributed by atoms with E-state index in [0.717, 1.165) is 22.6 Å². The van der Waals surface area contributed by atoms with E-state index < -0.39 is 5.82 Å². The van der Waals surface area contributed by atoms with Crippen LogP contribution in [0.2, 0.25) is 5.02 Å². The van der Waals surface area contributed by atoms with Crippen LogP contribution in [0, 0.1) is 26.6 Å². The summed E-state index contributed by atoms with van der Waals surface area (Å²) >= 11 is 6.16. The number of halogens is 2. The maximum atomic E-state index is 13.9. The van der Waals surface area contributed by atoms with Crippen LogP contribution >= 0.6 is 11.6 Å². The van der Waals surface area contributed by atoms with Gasteiger partial charge in [-0.25, -0.2) is 9.07 Å². The summed E-state index contributed by atoms with van der Waals surface area (Å²) in [5.41, 5.74) is 3.75. The normalized spacial score (nSPS) is 10.8. The maximum Gasteiger partial charge on any atom is 0.255 e. The number of rotatable bonds is 3. The molecule has 0 aliphatic heterocycles. The molecule has 2 aromatic carbocycles. The predicted molar refractivity (Wildman–Crippen MR) is 97.1 cm³/mol. The van der Waals surface area contributed by atoms with E-state index >= 15 is 0 Å². The smallest absolute Gasteiger partial charge is 0.255 e. The van der Waals surface area contributed by atoms with E-state index in [9.17, 15) is 9.18 Å². The van der Waals surface area contributed by atoms with Crippen LogP contribution in [0.1, 0.15) is 27.3 Å². The zero-order valence-corrected chi connectivity index (χ0v) is 14.9. The lowest BCUT2D eigenvalue weighted by atomic mass is 10.1. The number of carbonyl (C=O) groups excluding carboxylic acids is 1. The molecule has 0 spiro atoms. The maximum absolute atomic E-state index is 13.9. The van der Waals surface area contributed by atoms with Gasteiger partial charge in [-0.2, -0.15) is 5.10 Å². The molecule has 1 amide bonds. The van der Waals surface area contributed by atoms with Gasteiger partial charge in [0.1, 0.15) is 5.82 Å². The van der Waals surface area contributed by atoms with Gasteiger partial charge in [0.15, 0.2) is 0 Å². The average molecular weight is 358 g/mol. The quantitative estimate of drug-likeness (QED) is 0.728. The number of nitrogens with zero attached hydrogens (tertiary/aromatic N) is 2. The molecule has 0 aliphatic carbocycles. The largest absolute Gasteiger partial charge is 0.319 e. The van der Waals surface area contributed by atoms with Crippen LogP contribution in [-0.4, -0.2) is 15.7 Å². The van der Waals surface area contributed by atoms with Crippen molar-refractivity contribution >= 4 is 23.2 Å². The zero-order valence-electron chi connectivity index (χ0n) is 14.1. The monoisotopic (exact) mass is 357 g/mol. The highest BCUT2D eigenvalue weighted by Crippen LogP contribution is 2.23. The molecule has 25 heavy (non-hydrogen) atoms. The molecule has 6 heteroatoms. The molecule has 0 fully saturated rings. The van der Waals surface area contributed by atoms with Crippen LogP contribution in [0.25, 0.3) is 5.69 Å². The Hall–Kier alpha value is -2.66. The van der Waals surface area contributed by atoms with Gasteiger partial charge in [0, 0.05) is 5.56 Å². The molecule has 3 aromatic rings. The Balaban J connectivity index is 1.82. The molecule has 3 rings (SSSR count). The van der Waals surface area contributed by atoms with Crippen molar-refractivity contribution in [3.05, 3.63) is 75.8 Å². The molecular weight excluding hydrogens is 341 g/mol. The summed E-state index contributed by atoms with van der Waals surface area (Å²) in [7, 11) is 0. The van der Waals surface area contributed by atoms with Crippen molar-refractivity contribution in [1.82, 2.24) is 9.78 Å². The van der Waals surface area contributed by atoms with E-state index in [1.54, 1.807) is 48.0 Å². The fourth-order valence-electron chi connectivity index (χ4n) is 2.55. The number of hydrogen-bond donors (Lipinski definition) is 1. The Morgan fingerprint density at radius 3 is 2.36 bits per heavy atom. The fraction of sp³-hybridized carbons (Fsp3) is 0.158. The number of amides is 1. The first-order valence-corrected chi connectivity index (χ1v) is 8.14. The van der Waals surface area contributed by atoms with Gasteiger partial charge in [-0.3, -0.25) is 4.79 Å². The molecule has 0 saturated heterocycles. The summed E-state index contributed by atoms with van der Waals surface area (Å²) in [6, 6.07) is 11.6. The summed E-state index contributed by atoms with van der Waals surface area (Å²) in [4.78, 5) is 12.3. The molecule has 1 N–H and O–H groups in total. The van der Waals surface area contributed by atoms with Gasteiger partial charge in [0.2, 0.25) is 0 Å². The highest BCUT2D eigenvalue weighted by Gasteiger charge is 2.13. The first-order chi connectivity index (χ1) is 11.9. The van der Waals surface area contributed by atoms with Gasteiger partial charge in [0.25, 0.3) is 5.91 Å². The number of hydrogen-bond acceptors (Lipinski definition) is 2. The summed E-state index contributed by atoms with van der Waals surface area (Å²) in [5, 5.41) is 7.58. The van der Waals surface area contributed by atoms with Gasteiger partial charge in [0.05, 0.1) is 27.8 Å². The Morgan fingerprint density at radius 2 is 1.80 bits per heavy atom. The number of aromatic nitrogens is 2. The molecular formula is C19H17ClFN3O. The van der Waals surface area contributed by atoms with Gasteiger partial charge >= 0.3 is 0 Å². The third kappa shape index (κ3) is 3.42. The van der Waals surface area contributed by atoms with E-state index in [1.807, 2.05) is 13.8 Å². The Kier molecular flexibility index (Phi) is 4.59. The van der Waals surface area contributed by atoms with Crippen molar-refractivity contribution in [2.75, 3.05) is 5.32 Å². The van der Waals surface area contributed by atoms with E-state index in [4.69, 9.17) is 11.6 Å². The number of aryl methyl sites for hydroxylation is 2. The number of nitrogens with one attached hydrogen (secondary N) is 1. The van der Waals surface area contributed by atoms with Crippen LogP contribution in [0.3, 0.4) is 0 Å². The van der Waals surface area contributed by atoms with Crippen molar-refractivity contribution < 1.29 is 9.18 Å². The van der Waals surface area contributed by atoms with E-state index in [0.29, 0.717) is 10.6 Å². The highest BCUT2D eigenvalue weighted by atomic mass is 35.5. The Morgan fingerprint density at radius 1 is 1.12 bits per heavy atom. The SMILES string of the molecule is Cc1ccc(NC(=O)c2ccc(-n3nc(C)c(Cl)c3C)cc2)c(F)c1. The topological polar surface area (TPSA) is 46.9 Å². The number of carbonyl (C=O) groups is 1. The minimum atomic E-state index is -0.456. The van der Waals surface area contributed by atoms with Crippen LogP contribution in [0.5, 0.6) is 0 Å². The highest BCUT2D eigenvalue weighted by molar-refractivity contribution is 6.31. The molecule has 0 aliphatic rings. The van der Waals surface area contributed by atoms with Gasteiger partial charge < -0.3 is 5.32 Å². The summed E-state index contributed by atoms with van der Waals surface area (Å²) in [5.74, 6) is -0.831. The lowest BCUT2D eigenvalue weighted by Gasteiger charge is -2.09. The molecule has 0 radical (unpaired) electrons. The van der Waals surface area contributed by atoms with Crippen molar-refractivity contribution in [2.45, 2.75) is 20.8 Å². The van der Waals surface area contributed by atoms with Crippen LogP contribution in [0.4, 0.5) is 10.1 Å². The molecule has 128 valence electrons. The second-order valence-corrected chi connectivity index (χ2v) is 6.26. The van der Waals surface area contributed by atoms with E-state index in [1.165, 1.54) is 6.07 Å². The van der Waals surface area contributed by atoms with Crippen molar-refractivity contribution in [1.29, 1.82) is 0 Å². The first kappa shape index (κ1) is 17.2. The molecule has 0 saturated carbocycles. The number of benzene rings is 2. The first-order valence-electron chi connectivity index (χ1n) is 7.76. The standard InChI is InChI=1S/C19H17ClFN3O/c1-11-4-9-17(16(21)10-11)22-19(25)14-5-7-15(8-6-14)24-13(3)18(20)12(2)23-24/h4-10H,1-3H3,(H,22,25). The Labute approximate surface area is 150 Å². The molecule has 0 unspecified atom stereocenters. The van der Waals surface area contributed by atoms with E-state index in [2.05, 4.69) is 10.4 Å². The molecule has 0 bridgehead atoms. The molecule has 4 nitrogen and oxygen atoms in total. The van der Waals surface area contributed by atoms with Crippen LogP contribution < -0.4 is 5.32 Å². The summed E-state index contributed by atoms with van der Waals surface area (Å²) in [6.07, 6.45) is 0. The zero-order chi connectivity index (χ0) is 18.1. The minimum Gasteiger partial charge on any atom is -0.319 e. The van der Waals surface area contributed by atoms with Crippen molar-refractivity contribution in [2.24, 2.45) is 0 Å². The summed E-state index contributed by atoms with van der Waals surface area (Å²) < 4.78 is 15.6. The molecule has 0 atom stereocenters. The third-order valence-corrected chi connectivity index (χ3v) is 4.50. The molecule has 1 heterocycles. The minimum absolute atomic E-state index is 0.157. The van der Waals surface area contributed by atoms with Crippen LogP contribution in [0.15, 0.2) is 42.5 Å². The third-order valence-electron chi connectivity index (χ3n) is 3.95. The van der Waals surface area contributed by atoms with Crippen molar-refractivity contribution in [3.63, 3.8) is 0 Å². The summed E-state index contributed by atoms with van der Waals surface area (Å²) in [6.45, 7) is 5.51. The van der Waals surface area contributed by atoms with Gasteiger partial charge in [-0.15, -0.1) is 0 Å². The van der Waals surface area contributed by atoms with Gasteiger partial charge in [-0.05, 0) is 62.7 Å². The predicted octanol–water partition coefficient (Wildman–Crippen LogP) is 4.84. The lowest BCUT2D eigenvalue weighted by molar-refractivity contribution is 0.102. The average Bonchev–Trinajstić information content (AvgIpc) is 2.85. The fourth-order valence-corrected chi connectivity index (χ4v) is 2.66. The number of anilines is 1. The second-order valence-electron chi connectivity index (χ2n) is 5.88. The second kappa shape index (κ2) is 6.69. The lowest BCUT2D eigenvalue weighted by Crippen LogP contribution is -2.13. The van der Waals surface area contributed by atoms with Crippen molar-refractivity contribution in [3.8, 4) is 5.69 Å².